The molecule has 1 aromatic carbocycles. The number of aliphatic hydroxyl groups excluding tert-OH is 1. The van der Waals surface area contributed by atoms with Crippen molar-refractivity contribution in [2.75, 3.05) is 13.2 Å². The Morgan fingerprint density at radius 1 is 1.25 bits per heavy atom. The summed E-state index contributed by atoms with van der Waals surface area (Å²) in [5.74, 6) is 0.0919. The van der Waals surface area contributed by atoms with Gasteiger partial charge in [0.15, 0.2) is 0 Å². The fourth-order valence-corrected chi connectivity index (χ4v) is 1.83. The largest absolute Gasteiger partial charge is 0.491 e. The number of hydrogen-bond donors (Lipinski definition) is 1. The van der Waals surface area contributed by atoms with Crippen molar-refractivity contribution in [1.29, 1.82) is 5.26 Å². The minimum absolute atomic E-state index is 0.0111. The van der Waals surface area contributed by atoms with E-state index >= 15 is 0 Å². The zero-order chi connectivity index (χ0) is 17.5. The molecule has 24 heavy (non-hydrogen) atoms. The Morgan fingerprint density at radius 3 is 2.54 bits per heavy atom. The van der Waals surface area contributed by atoms with E-state index in [0.29, 0.717) is 17.0 Å². The first-order valence-electron chi connectivity index (χ1n) is 7.05. The summed E-state index contributed by atoms with van der Waals surface area (Å²) < 4.78 is 10.6. The number of aromatic nitrogens is 1. The molecule has 0 bridgehead atoms. The molecule has 0 saturated heterocycles. The highest BCUT2D eigenvalue weighted by Gasteiger charge is 2.18. The topological polar surface area (TPSA) is 119 Å². The van der Waals surface area contributed by atoms with E-state index in [9.17, 15) is 15.2 Å². The van der Waals surface area contributed by atoms with Crippen LogP contribution in [0.3, 0.4) is 0 Å². The highest BCUT2D eigenvalue weighted by Crippen LogP contribution is 2.24. The third kappa shape index (κ3) is 4.66. The van der Waals surface area contributed by atoms with Crippen LogP contribution in [0.25, 0.3) is 0 Å². The smallest absolute Gasteiger partial charge is 0.406 e. The molecule has 0 saturated carbocycles. The average Bonchev–Trinajstić information content (AvgIpc) is 2.59. The predicted molar refractivity (Wildman–Crippen MR) is 83.8 cm³/mol. The van der Waals surface area contributed by atoms with Gasteiger partial charge in [0.25, 0.3) is 0 Å². The molecule has 0 spiro atoms. The van der Waals surface area contributed by atoms with Crippen molar-refractivity contribution in [3.63, 3.8) is 0 Å². The lowest BCUT2D eigenvalue weighted by molar-refractivity contribution is -0.390. The predicted octanol–water partition coefficient (Wildman–Crippen LogP) is 1.99. The van der Waals surface area contributed by atoms with Gasteiger partial charge in [-0.3, -0.25) is 0 Å². The van der Waals surface area contributed by atoms with Gasteiger partial charge in [-0.15, -0.1) is 0 Å². The number of aliphatic hydroxyl groups is 1. The average molecular weight is 329 g/mol. The summed E-state index contributed by atoms with van der Waals surface area (Å²) in [4.78, 5) is 14.1. The van der Waals surface area contributed by atoms with Crippen LogP contribution in [-0.4, -0.2) is 34.3 Å². The summed E-state index contributed by atoms with van der Waals surface area (Å²) in [5, 5.41) is 29.5. The van der Waals surface area contributed by atoms with Crippen LogP contribution >= 0.6 is 0 Å². The van der Waals surface area contributed by atoms with Crippen molar-refractivity contribution in [2.24, 2.45) is 0 Å². The monoisotopic (exact) mass is 329 g/mol. The first kappa shape index (κ1) is 17.2. The van der Waals surface area contributed by atoms with Crippen molar-refractivity contribution in [3.05, 3.63) is 57.8 Å². The van der Waals surface area contributed by atoms with Crippen LogP contribution in [-0.2, 0) is 0 Å². The number of aryl methyl sites for hydroxylation is 1. The molecular formula is C16H15N3O5. The number of nitriles is 1. The van der Waals surface area contributed by atoms with Crippen LogP contribution in [0.15, 0.2) is 36.4 Å². The number of nitrogens with zero attached hydrogens (tertiary/aromatic N) is 3. The molecule has 0 unspecified atom stereocenters. The molecule has 124 valence electrons. The van der Waals surface area contributed by atoms with Crippen molar-refractivity contribution in [2.45, 2.75) is 13.0 Å². The van der Waals surface area contributed by atoms with Crippen LogP contribution in [0.1, 0.15) is 11.3 Å². The van der Waals surface area contributed by atoms with Crippen LogP contribution in [0.5, 0.6) is 11.5 Å². The van der Waals surface area contributed by atoms with E-state index in [-0.39, 0.29) is 19.0 Å². The van der Waals surface area contributed by atoms with Crippen molar-refractivity contribution >= 4 is 5.82 Å². The molecule has 0 amide bonds. The number of ether oxygens (including phenoxy) is 2. The Morgan fingerprint density at radius 2 is 1.92 bits per heavy atom. The fraction of sp³-hybridized carbons (Fsp3) is 0.250. The lowest BCUT2D eigenvalue weighted by Crippen LogP contribution is -2.25. The molecule has 2 aromatic rings. The molecule has 1 heterocycles. The van der Waals surface area contributed by atoms with Gasteiger partial charge in [0.05, 0.1) is 11.6 Å². The summed E-state index contributed by atoms with van der Waals surface area (Å²) in [6, 6.07) is 11.4. The summed E-state index contributed by atoms with van der Waals surface area (Å²) in [6.07, 6.45) is -0.985. The lowest BCUT2D eigenvalue weighted by Gasteiger charge is -2.13. The van der Waals surface area contributed by atoms with Gasteiger partial charge in [0.1, 0.15) is 30.8 Å². The minimum Gasteiger partial charge on any atom is -0.491 e. The van der Waals surface area contributed by atoms with Gasteiger partial charge in [-0.25, -0.2) is 0 Å². The zero-order valence-corrected chi connectivity index (χ0v) is 12.9. The lowest BCUT2D eigenvalue weighted by atomic mass is 10.2. The summed E-state index contributed by atoms with van der Waals surface area (Å²) in [6.45, 7) is 1.40. The van der Waals surface area contributed by atoms with Gasteiger partial charge < -0.3 is 24.7 Å². The zero-order valence-electron chi connectivity index (χ0n) is 12.9. The molecule has 8 nitrogen and oxygen atoms in total. The molecule has 8 heteroatoms. The second kappa shape index (κ2) is 7.89. The minimum atomic E-state index is -0.985. The van der Waals surface area contributed by atoms with E-state index in [4.69, 9.17) is 14.7 Å². The van der Waals surface area contributed by atoms with Crippen LogP contribution in [0, 0.1) is 28.4 Å². The number of hydrogen-bond acceptors (Lipinski definition) is 7. The number of rotatable bonds is 7. The molecule has 0 radical (unpaired) electrons. The van der Waals surface area contributed by atoms with E-state index in [1.807, 2.05) is 6.07 Å². The van der Waals surface area contributed by atoms with E-state index in [2.05, 4.69) is 4.98 Å². The van der Waals surface area contributed by atoms with Crippen molar-refractivity contribution < 1.29 is 19.5 Å². The molecular weight excluding hydrogens is 314 g/mol. The summed E-state index contributed by atoms with van der Waals surface area (Å²) >= 11 is 0. The second-order valence-electron chi connectivity index (χ2n) is 4.94. The maximum Gasteiger partial charge on any atom is 0.406 e. The molecule has 1 N–H and O–H groups in total. The maximum absolute atomic E-state index is 10.9. The Hall–Kier alpha value is -3.18. The van der Waals surface area contributed by atoms with E-state index in [1.54, 1.807) is 37.3 Å². The molecule has 0 fully saturated rings. The molecule has 0 aliphatic heterocycles. The first-order chi connectivity index (χ1) is 11.5. The number of pyridine rings is 1. The number of nitro groups is 1. The summed E-state index contributed by atoms with van der Waals surface area (Å²) in [5.41, 5.74) is 1.00. The summed E-state index contributed by atoms with van der Waals surface area (Å²) in [7, 11) is 0. The standard InChI is InChI=1S/C16H15N3O5/c1-11-2-7-15(16(18-11)19(21)22)24-10-13(20)9-23-14-5-3-12(8-17)4-6-14/h2-7,13,20H,9-10H2,1H3/t13-/m1/s1. The number of benzene rings is 1. The van der Waals surface area contributed by atoms with Gasteiger partial charge >= 0.3 is 5.82 Å². The van der Waals surface area contributed by atoms with Gasteiger partial charge in [-0.2, -0.15) is 5.26 Å². The third-order valence-electron chi connectivity index (χ3n) is 3.01. The van der Waals surface area contributed by atoms with Crippen LogP contribution in [0.4, 0.5) is 5.82 Å². The molecule has 0 aliphatic carbocycles. The molecule has 1 aromatic heterocycles. The Kier molecular flexibility index (Phi) is 5.65. The molecule has 2 rings (SSSR count). The quantitative estimate of drug-likeness (QED) is 0.609. The first-order valence-corrected chi connectivity index (χ1v) is 7.05. The van der Waals surface area contributed by atoms with Crippen LogP contribution in [0.2, 0.25) is 0 Å². The van der Waals surface area contributed by atoms with Crippen molar-refractivity contribution in [1.82, 2.24) is 4.98 Å². The van der Waals surface area contributed by atoms with Crippen molar-refractivity contribution in [3.8, 4) is 17.6 Å². The Labute approximate surface area is 138 Å². The van der Waals surface area contributed by atoms with Gasteiger partial charge in [0.2, 0.25) is 5.75 Å². The van der Waals surface area contributed by atoms with E-state index < -0.39 is 16.8 Å². The molecule has 0 aliphatic rings. The van der Waals surface area contributed by atoms with Crippen LogP contribution < -0.4 is 9.47 Å². The third-order valence-corrected chi connectivity index (χ3v) is 3.01. The highest BCUT2D eigenvalue weighted by atomic mass is 16.6. The van der Waals surface area contributed by atoms with Gasteiger partial charge in [0, 0.05) is 6.92 Å². The maximum atomic E-state index is 10.9. The van der Waals surface area contributed by atoms with E-state index in [1.165, 1.54) is 6.07 Å². The second-order valence-corrected chi connectivity index (χ2v) is 4.94. The molecule has 1 atom stereocenters. The highest BCUT2D eigenvalue weighted by molar-refractivity contribution is 5.40. The van der Waals surface area contributed by atoms with Gasteiger partial charge in [-0.1, -0.05) is 0 Å². The SMILES string of the molecule is Cc1ccc(OC[C@H](O)COc2ccc(C#N)cc2)c([N+](=O)[O-])n1. The Bertz CT molecular complexity index is 755. The van der Waals surface area contributed by atoms with E-state index in [0.717, 1.165) is 0 Å². The fourth-order valence-electron chi connectivity index (χ4n) is 1.83. The van der Waals surface area contributed by atoms with Gasteiger partial charge in [-0.05, 0) is 46.3 Å². The Balaban J connectivity index is 1.88. The normalized spacial score (nSPS) is 11.4.